The maximum atomic E-state index is 6.91. The third-order valence-electron chi connectivity index (χ3n) is 15.0. The summed E-state index contributed by atoms with van der Waals surface area (Å²) in [5.41, 5.74) is 18.7. The van der Waals surface area contributed by atoms with Crippen molar-refractivity contribution in [2.45, 2.75) is 86.7 Å². The van der Waals surface area contributed by atoms with Crippen LogP contribution < -0.4 is 20.2 Å². The van der Waals surface area contributed by atoms with E-state index < -0.39 is 16.1 Å². The van der Waals surface area contributed by atoms with Crippen LogP contribution in [0.25, 0.3) is 70.8 Å². The minimum absolute atomic E-state index is 0.384. The number of aryl methyl sites for hydroxylation is 4. The highest BCUT2D eigenvalue weighted by atomic mass is 28.3. The number of hydrogen-bond acceptors (Lipinski definition) is 3. The maximum absolute atomic E-state index is 6.91. The quantitative estimate of drug-likeness (QED) is 0.135. The molecule has 9 aromatic carbocycles. The lowest BCUT2D eigenvalue weighted by Crippen LogP contribution is -2.37. The van der Waals surface area contributed by atoms with Crippen LogP contribution in [0.5, 0.6) is 0 Å². The van der Waals surface area contributed by atoms with E-state index in [9.17, 15) is 0 Å². The van der Waals surface area contributed by atoms with E-state index in [4.69, 9.17) is 4.42 Å². The molecule has 3 aromatic heterocycles. The van der Waals surface area contributed by atoms with Crippen molar-refractivity contribution in [2.75, 3.05) is 9.80 Å². The van der Waals surface area contributed by atoms with Crippen molar-refractivity contribution in [3.63, 3.8) is 0 Å². The number of rotatable bonds is 9. The number of anilines is 6. The minimum atomic E-state index is -1.50. The molecule has 0 bridgehead atoms. The van der Waals surface area contributed by atoms with Crippen molar-refractivity contribution in [3.05, 3.63) is 186 Å². The molecule has 0 amide bonds. The van der Waals surface area contributed by atoms with Crippen molar-refractivity contribution < 1.29 is 4.42 Å². The van der Waals surface area contributed by atoms with E-state index in [0.29, 0.717) is 5.92 Å². The molecule has 0 aliphatic rings. The Bertz CT molecular complexity index is 4050. The summed E-state index contributed by atoms with van der Waals surface area (Å²) in [4.78, 5) is 4.84. The van der Waals surface area contributed by atoms with Gasteiger partial charge >= 0.3 is 0 Å². The second kappa shape index (κ2) is 16.2. The summed E-state index contributed by atoms with van der Waals surface area (Å²) in [5.74, 6) is 0.384. The lowest BCUT2D eigenvalue weighted by molar-refractivity contribution is 0.669. The Labute approximate surface area is 420 Å². The molecule has 12 aromatic rings. The lowest BCUT2D eigenvalue weighted by Gasteiger charge is -2.27. The van der Waals surface area contributed by atoms with E-state index >= 15 is 0 Å². The fraction of sp³-hybridized carbons (Fsp3) is 0.200. The fourth-order valence-corrected chi connectivity index (χ4v) is 13.9. The van der Waals surface area contributed by atoms with E-state index in [1.54, 1.807) is 0 Å². The molecule has 0 saturated carbocycles. The van der Waals surface area contributed by atoms with Crippen LogP contribution in [0.3, 0.4) is 0 Å². The van der Waals surface area contributed by atoms with E-state index in [-0.39, 0.29) is 0 Å². The molecule has 0 spiro atoms. The normalized spacial score (nSPS) is 12.6. The molecule has 4 nitrogen and oxygen atoms in total. The second-order valence-electron chi connectivity index (χ2n) is 22.9. The Balaban J connectivity index is 1.08. The van der Waals surface area contributed by atoms with Crippen LogP contribution in [0.2, 0.25) is 39.3 Å². The van der Waals surface area contributed by atoms with Crippen LogP contribution in [-0.4, -0.2) is 20.5 Å². The van der Waals surface area contributed by atoms with Crippen molar-refractivity contribution in [1.29, 1.82) is 0 Å². The largest absolute Gasteiger partial charge is 0.456 e. The van der Waals surface area contributed by atoms with Crippen LogP contribution in [0.15, 0.2) is 162 Å². The molecule has 0 saturated heterocycles. The van der Waals surface area contributed by atoms with Gasteiger partial charge in [0.25, 0.3) is 0 Å². The zero-order valence-corrected chi connectivity index (χ0v) is 45.3. The molecule has 0 N–H and O–H groups in total. The number of nitrogens with zero attached hydrogens (tertiary/aromatic N) is 3. The minimum Gasteiger partial charge on any atom is -0.456 e. The highest BCUT2D eigenvalue weighted by Gasteiger charge is 2.25. The van der Waals surface area contributed by atoms with Gasteiger partial charge in [-0.25, -0.2) is 0 Å². The number of fused-ring (bicyclic) bond motifs is 11. The molecule has 0 fully saturated rings. The van der Waals surface area contributed by atoms with Gasteiger partial charge in [0.15, 0.2) is 0 Å². The highest BCUT2D eigenvalue weighted by molar-refractivity contribution is 6.89. The van der Waals surface area contributed by atoms with Gasteiger partial charge in [-0.2, -0.15) is 0 Å². The average Bonchev–Trinajstić information content (AvgIpc) is 3.96. The molecule has 3 heterocycles. The van der Waals surface area contributed by atoms with E-state index in [1.807, 2.05) is 0 Å². The SMILES string of the molecule is Cc1cc(C)cc(N(c2ccc([Si](C)(C)C)cc2)c2ccc3c(c2)oc2ccc4cc5c6cc(C(C)C)cc7c8ccc(N(c9ccc([Si](C)(C)C)cc9)c9cc(C)cc(C)c9)cc8n(c5cc4c23)c76)c1. The van der Waals surface area contributed by atoms with Crippen LogP contribution in [0.1, 0.15) is 47.6 Å². The summed E-state index contributed by atoms with van der Waals surface area (Å²) in [6.07, 6.45) is 0. The van der Waals surface area contributed by atoms with Gasteiger partial charge in [0.05, 0.1) is 32.7 Å². The summed E-state index contributed by atoms with van der Waals surface area (Å²) in [6, 6.07) is 60.5. The molecule has 352 valence electrons. The van der Waals surface area contributed by atoms with E-state index in [0.717, 1.165) is 50.4 Å². The van der Waals surface area contributed by atoms with Crippen LogP contribution in [-0.2, 0) is 0 Å². The fourth-order valence-electron chi connectivity index (χ4n) is 11.5. The zero-order chi connectivity index (χ0) is 49.4. The summed E-state index contributed by atoms with van der Waals surface area (Å²) in [7, 11) is -2.98. The predicted molar refractivity (Wildman–Crippen MR) is 314 cm³/mol. The smallest absolute Gasteiger partial charge is 0.137 e. The number of furan rings is 1. The zero-order valence-electron chi connectivity index (χ0n) is 43.3. The molecule has 6 heteroatoms. The van der Waals surface area contributed by atoms with Gasteiger partial charge in [0.1, 0.15) is 11.2 Å². The molecule has 0 unspecified atom stereocenters. The topological polar surface area (TPSA) is 24.0 Å². The average molecular weight is 958 g/mol. The highest BCUT2D eigenvalue weighted by Crippen LogP contribution is 2.47. The lowest BCUT2D eigenvalue weighted by atomic mass is 9.96. The van der Waals surface area contributed by atoms with Crippen molar-refractivity contribution in [1.82, 2.24) is 4.40 Å². The first-order valence-corrected chi connectivity index (χ1v) is 32.4. The number of benzene rings is 9. The molecule has 12 rings (SSSR count). The van der Waals surface area contributed by atoms with Crippen LogP contribution in [0, 0.1) is 27.7 Å². The summed E-state index contributed by atoms with van der Waals surface area (Å²) >= 11 is 0. The van der Waals surface area contributed by atoms with Crippen molar-refractivity contribution in [2.24, 2.45) is 0 Å². The first kappa shape index (κ1) is 45.0. The molecule has 0 radical (unpaired) electrons. The van der Waals surface area contributed by atoms with E-state index in [1.165, 1.54) is 92.7 Å². The third kappa shape index (κ3) is 7.53. The Morgan fingerprint density at radius 3 is 1.39 bits per heavy atom. The van der Waals surface area contributed by atoms with E-state index in [2.05, 4.69) is 253 Å². The molecule has 71 heavy (non-hydrogen) atoms. The first-order chi connectivity index (χ1) is 33.9. The molecule has 0 aliphatic heterocycles. The second-order valence-corrected chi connectivity index (χ2v) is 33.1. The third-order valence-corrected chi connectivity index (χ3v) is 19.2. The number of hydrogen-bond donors (Lipinski definition) is 0. The Hall–Kier alpha value is -7.13. The Morgan fingerprint density at radius 1 is 0.394 bits per heavy atom. The molecular formula is C65H63N3OSi2. The summed E-state index contributed by atoms with van der Waals surface area (Å²) in [5, 5.41) is 12.8. The molecule has 0 aliphatic carbocycles. The van der Waals surface area contributed by atoms with Gasteiger partial charge in [-0.05, 0) is 175 Å². The van der Waals surface area contributed by atoms with Crippen molar-refractivity contribution in [3.8, 4) is 0 Å². The maximum Gasteiger partial charge on any atom is 0.137 e. The van der Waals surface area contributed by atoms with Gasteiger partial charge in [-0.3, -0.25) is 0 Å². The predicted octanol–water partition coefficient (Wildman–Crippen LogP) is 18.3. The monoisotopic (exact) mass is 957 g/mol. The molecular weight excluding hydrogens is 895 g/mol. The Kier molecular flexibility index (Phi) is 10.3. The van der Waals surface area contributed by atoms with Crippen LogP contribution >= 0.6 is 0 Å². The van der Waals surface area contributed by atoms with Gasteiger partial charge in [0, 0.05) is 72.5 Å². The van der Waals surface area contributed by atoms with Gasteiger partial charge in [-0.15, -0.1) is 0 Å². The van der Waals surface area contributed by atoms with Gasteiger partial charge in [-0.1, -0.05) is 112 Å². The van der Waals surface area contributed by atoms with Crippen LogP contribution in [0.4, 0.5) is 34.1 Å². The standard InChI is InChI=1S/C65H63N3OSi2/c1-39(2)45-34-58-54-24-18-48(66(50-29-40(3)27-41(4)30-50)46-14-20-52(21-15-46)70(7,8)9)36-60(54)68-61-38-56-44(33-57(61)59(35-45)65(58)68)13-26-62-64(56)55-25-19-49(37-63(55)69-62)67(51-31-42(5)28-43(6)32-51)47-16-22-53(23-17-47)71(10,11)12/h13-39H,1-12H3. The summed E-state index contributed by atoms with van der Waals surface area (Å²) < 4.78 is 9.47. The van der Waals surface area contributed by atoms with Gasteiger partial charge in [0.2, 0.25) is 0 Å². The summed E-state index contributed by atoms with van der Waals surface area (Å²) in [6.45, 7) is 27.9. The van der Waals surface area contributed by atoms with Crippen molar-refractivity contribution >= 4 is 131 Å². The molecule has 0 atom stereocenters. The number of aromatic nitrogens is 1. The van der Waals surface area contributed by atoms with Gasteiger partial charge < -0.3 is 18.6 Å². The first-order valence-electron chi connectivity index (χ1n) is 25.4. The Morgan fingerprint density at radius 2 is 0.873 bits per heavy atom.